The van der Waals surface area contributed by atoms with Crippen LogP contribution in [0.5, 0.6) is 0 Å². The minimum atomic E-state index is -0.989. The van der Waals surface area contributed by atoms with Crippen molar-refractivity contribution in [3.8, 4) is 0 Å². The van der Waals surface area contributed by atoms with Gasteiger partial charge in [0.2, 0.25) is 5.89 Å². The number of nitrogens with zero attached hydrogens (tertiary/aromatic N) is 2. The molecular weight excluding hydrogens is 230 g/mol. The van der Waals surface area contributed by atoms with E-state index in [1.165, 1.54) is 11.8 Å². The molecular formula is C9H13N3O3S. The first kappa shape index (κ1) is 11.4. The fourth-order valence-electron chi connectivity index (χ4n) is 1.18. The summed E-state index contributed by atoms with van der Waals surface area (Å²) in [6.45, 7) is 0. The van der Waals surface area contributed by atoms with Gasteiger partial charge in [-0.25, -0.2) is 0 Å². The predicted octanol–water partition coefficient (Wildman–Crippen LogP) is 0.592. The average molecular weight is 243 g/mol. The summed E-state index contributed by atoms with van der Waals surface area (Å²) in [5.74, 6) is 1.67. The van der Waals surface area contributed by atoms with Crippen molar-refractivity contribution in [2.75, 3.05) is 5.75 Å². The average Bonchev–Trinajstić information content (AvgIpc) is 2.99. The van der Waals surface area contributed by atoms with Gasteiger partial charge in [-0.2, -0.15) is 4.98 Å². The molecule has 16 heavy (non-hydrogen) atoms. The standard InChI is InChI=1S/C9H13N3O3S/c10-6(9(13)14)3-16-4-7-11-8(12-15-7)5-1-2-5/h5-6H,1-4,10H2,(H,13,14)/t6-/m1/s1. The van der Waals surface area contributed by atoms with Gasteiger partial charge in [-0.3, -0.25) is 4.79 Å². The van der Waals surface area contributed by atoms with Crippen LogP contribution < -0.4 is 5.73 Å². The molecule has 2 rings (SSSR count). The fraction of sp³-hybridized carbons (Fsp3) is 0.667. The first-order valence-electron chi connectivity index (χ1n) is 5.05. The van der Waals surface area contributed by atoms with Crippen LogP contribution in [0.3, 0.4) is 0 Å². The highest BCUT2D eigenvalue weighted by atomic mass is 32.2. The first-order valence-corrected chi connectivity index (χ1v) is 6.21. The summed E-state index contributed by atoms with van der Waals surface area (Å²) in [6.07, 6.45) is 2.27. The summed E-state index contributed by atoms with van der Waals surface area (Å²) >= 11 is 1.39. The SMILES string of the molecule is N[C@H](CSCc1nc(C2CC2)no1)C(=O)O. The van der Waals surface area contributed by atoms with Crippen LogP contribution in [0.15, 0.2) is 4.52 Å². The van der Waals surface area contributed by atoms with Crippen LogP contribution in [0, 0.1) is 0 Å². The number of hydrogen-bond donors (Lipinski definition) is 2. The normalized spacial score (nSPS) is 17.3. The molecule has 88 valence electrons. The number of carboxylic acid groups (broad SMARTS) is 1. The van der Waals surface area contributed by atoms with Crippen molar-refractivity contribution < 1.29 is 14.4 Å². The Balaban J connectivity index is 1.74. The van der Waals surface area contributed by atoms with Crippen LogP contribution in [0.1, 0.15) is 30.5 Å². The van der Waals surface area contributed by atoms with E-state index < -0.39 is 12.0 Å². The number of hydrogen-bond acceptors (Lipinski definition) is 6. The molecule has 0 radical (unpaired) electrons. The summed E-state index contributed by atoms with van der Waals surface area (Å²) in [7, 11) is 0. The maximum Gasteiger partial charge on any atom is 0.321 e. The maximum atomic E-state index is 10.5. The Kier molecular flexibility index (Phi) is 3.45. The van der Waals surface area contributed by atoms with E-state index in [-0.39, 0.29) is 0 Å². The molecule has 0 amide bonds. The molecule has 7 heteroatoms. The fourth-order valence-corrected chi connectivity index (χ4v) is 1.98. The molecule has 1 heterocycles. The lowest BCUT2D eigenvalue weighted by Gasteiger charge is -2.03. The molecule has 0 saturated heterocycles. The van der Waals surface area contributed by atoms with Gasteiger partial charge in [-0.05, 0) is 12.8 Å². The third kappa shape index (κ3) is 2.96. The van der Waals surface area contributed by atoms with E-state index in [2.05, 4.69) is 10.1 Å². The zero-order valence-electron chi connectivity index (χ0n) is 8.63. The van der Waals surface area contributed by atoms with Crippen LogP contribution in [-0.4, -0.2) is 33.0 Å². The van der Waals surface area contributed by atoms with E-state index in [4.69, 9.17) is 15.4 Å². The van der Waals surface area contributed by atoms with Gasteiger partial charge in [-0.1, -0.05) is 5.16 Å². The number of aromatic nitrogens is 2. The van der Waals surface area contributed by atoms with E-state index in [9.17, 15) is 4.79 Å². The Bertz CT molecular complexity index is 378. The summed E-state index contributed by atoms with van der Waals surface area (Å²) in [5.41, 5.74) is 5.36. The van der Waals surface area contributed by atoms with E-state index in [0.717, 1.165) is 18.7 Å². The van der Waals surface area contributed by atoms with Crippen molar-refractivity contribution in [3.05, 3.63) is 11.7 Å². The molecule has 6 nitrogen and oxygen atoms in total. The van der Waals surface area contributed by atoms with Crippen LogP contribution in [0.25, 0.3) is 0 Å². The molecule has 1 fully saturated rings. The Labute approximate surface area is 96.6 Å². The van der Waals surface area contributed by atoms with Gasteiger partial charge in [0.1, 0.15) is 6.04 Å². The highest BCUT2D eigenvalue weighted by Crippen LogP contribution is 2.38. The Morgan fingerprint density at radius 1 is 1.69 bits per heavy atom. The molecule has 1 saturated carbocycles. The second-order valence-corrected chi connectivity index (χ2v) is 4.81. The number of rotatable bonds is 6. The van der Waals surface area contributed by atoms with Gasteiger partial charge in [0, 0.05) is 11.7 Å². The molecule has 1 atom stereocenters. The molecule has 3 N–H and O–H groups in total. The van der Waals surface area contributed by atoms with Crippen molar-refractivity contribution in [1.29, 1.82) is 0 Å². The number of aliphatic carboxylic acids is 1. The highest BCUT2D eigenvalue weighted by molar-refractivity contribution is 7.98. The largest absolute Gasteiger partial charge is 0.480 e. The lowest BCUT2D eigenvalue weighted by molar-refractivity contribution is -0.137. The monoisotopic (exact) mass is 243 g/mol. The molecule has 1 aromatic rings. The number of nitrogens with two attached hydrogens (primary N) is 1. The van der Waals surface area contributed by atoms with Crippen molar-refractivity contribution in [3.63, 3.8) is 0 Å². The van der Waals surface area contributed by atoms with Crippen molar-refractivity contribution >= 4 is 17.7 Å². The molecule has 1 aliphatic rings. The Hall–Kier alpha value is -1.08. The minimum Gasteiger partial charge on any atom is -0.480 e. The second kappa shape index (κ2) is 4.84. The van der Waals surface area contributed by atoms with E-state index in [0.29, 0.717) is 23.3 Å². The molecule has 0 spiro atoms. The third-order valence-corrected chi connectivity index (χ3v) is 3.31. The Morgan fingerprint density at radius 2 is 2.44 bits per heavy atom. The van der Waals surface area contributed by atoms with Crippen LogP contribution in [0.4, 0.5) is 0 Å². The predicted molar refractivity (Wildman–Crippen MR) is 58.0 cm³/mol. The van der Waals surface area contributed by atoms with E-state index >= 15 is 0 Å². The third-order valence-electron chi connectivity index (χ3n) is 2.27. The smallest absolute Gasteiger partial charge is 0.321 e. The van der Waals surface area contributed by atoms with Gasteiger partial charge in [0.15, 0.2) is 5.82 Å². The van der Waals surface area contributed by atoms with E-state index in [1.54, 1.807) is 0 Å². The van der Waals surface area contributed by atoms with E-state index in [1.807, 2.05) is 0 Å². The number of carboxylic acids is 1. The first-order chi connectivity index (χ1) is 7.66. The summed E-state index contributed by atoms with van der Waals surface area (Å²) in [5, 5.41) is 12.4. The molecule has 0 aromatic carbocycles. The van der Waals surface area contributed by atoms with Crippen LogP contribution in [0.2, 0.25) is 0 Å². The van der Waals surface area contributed by atoms with Gasteiger partial charge in [-0.15, -0.1) is 11.8 Å². The number of thioether (sulfide) groups is 1. The van der Waals surface area contributed by atoms with Gasteiger partial charge >= 0.3 is 5.97 Å². The topological polar surface area (TPSA) is 102 Å². The zero-order valence-corrected chi connectivity index (χ0v) is 9.44. The molecule has 0 bridgehead atoms. The summed E-state index contributed by atoms with van der Waals surface area (Å²) in [6, 6.07) is -0.837. The molecule has 1 aliphatic carbocycles. The van der Waals surface area contributed by atoms with Crippen LogP contribution >= 0.6 is 11.8 Å². The lowest BCUT2D eigenvalue weighted by atomic mass is 10.4. The number of carbonyl (C=O) groups is 1. The van der Waals surface area contributed by atoms with Crippen LogP contribution in [-0.2, 0) is 10.5 Å². The molecule has 0 unspecified atom stereocenters. The lowest BCUT2D eigenvalue weighted by Crippen LogP contribution is -2.32. The summed E-state index contributed by atoms with van der Waals surface area (Å²) < 4.78 is 5.04. The van der Waals surface area contributed by atoms with Gasteiger partial charge in [0.05, 0.1) is 5.75 Å². The maximum absolute atomic E-state index is 10.5. The van der Waals surface area contributed by atoms with Gasteiger partial charge < -0.3 is 15.4 Å². The molecule has 1 aromatic heterocycles. The highest BCUT2D eigenvalue weighted by Gasteiger charge is 2.28. The van der Waals surface area contributed by atoms with Crippen molar-refractivity contribution in [2.45, 2.75) is 30.6 Å². The van der Waals surface area contributed by atoms with Crippen molar-refractivity contribution in [1.82, 2.24) is 10.1 Å². The molecule has 0 aliphatic heterocycles. The van der Waals surface area contributed by atoms with Crippen molar-refractivity contribution in [2.24, 2.45) is 5.73 Å². The quantitative estimate of drug-likeness (QED) is 0.753. The van der Waals surface area contributed by atoms with Gasteiger partial charge in [0.25, 0.3) is 0 Å². The Morgan fingerprint density at radius 3 is 3.06 bits per heavy atom. The second-order valence-electron chi connectivity index (χ2n) is 3.78. The minimum absolute atomic E-state index is 0.344. The summed E-state index contributed by atoms with van der Waals surface area (Å²) in [4.78, 5) is 14.7. The zero-order chi connectivity index (χ0) is 11.5.